The van der Waals surface area contributed by atoms with E-state index >= 15 is 0 Å². The van der Waals surface area contributed by atoms with Crippen molar-refractivity contribution in [3.63, 3.8) is 0 Å². The number of nitrogens with one attached hydrogen (secondary N) is 2. The minimum atomic E-state index is -0.569. The van der Waals surface area contributed by atoms with Crippen LogP contribution in [0.3, 0.4) is 0 Å². The number of nitrogens with zero attached hydrogens (tertiary/aromatic N) is 4. The summed E-state index contributed by atoms with van der Waals surface area (Å²) in [6, 6.07) is 5.49. The minimum absolute atomic E-state index is 0.293. The van der Waals surface area contributed by atoms with Crippen LogP contribution in [0.25, 0.3) is 27.7 Å². The number of rotatable bonds is 5. The van der Waals surface area contributed by atoms with Crippen molar-refractivity contribution in [1.29, 1.82) is 0 Å². The molecular weight excluding hydrogens is 380 g/mol. The number of aryl methyl sites for hydroxylation is 1. The van der Waals surface area contributed by atoms with Crippen LogP contribution in [0.4, 0.5) is 10.6 Å². The fraction of sp³-hybridized carbons (Fsp3) is 0.273. The summed E-state index contributed by atoms with van der Waals surface area (Å²) in [7, 11) is 0. The second kappa shape index (κ2) is 8.08. The van der Waals surface area contributed by atoms with Gasteiger partial charge in [0.2, 0.25) is 0 Å². The fourth-order valence-electron chi connectivity index (χ4n) is 3.53. The molecule has 0 aliphatic rings. The molecule has 8 heteroatoms. The van der Waals surface area contributed by atoms with Gasteiger partial charge >= 0.3 is 6.03 Å². The van der Waals surface area contributed by atoms with Crippen LogP contribution in [-0.4, -0.2) is 37.0 Å². The highest BCUT2D eigenvalue weighted by Crippen LogP contribution is 2.32. The smallest absolute Gasteiger partial charge is 0.320 e. The Kier molecular flexibility index (Phi) is 5.33. The van der Waals surface area contributed by atoms with E-state index in [-0.39, 0.29) is 6.03 Å². The van der Waals surface area contributed by atoms with E-state index in [1.165, 1.54) is 0 Å². The van der Waals surface area contributed by atoms with Gasteiger partial charge in [-0.15, -0.1) is 0 Å². The molecule has 3 N–H and O–H groups in total. The van der Waals surface area contributed by atoms with Gasteiger partial charge in [-0.2, -0.15) is 0 Å². The second-order valence-corrected chi connectivity index (χ2v) is 7.14. The maximum atomic E-state index is 11.8. The van der Waals surface area contributed by atoms with Crippen LogP contribution < -0.4 is 10.6 Å². The van der Waals surface area contributed by atoms with Gasteiger partial charge in [-0.25, -0.2) is 14.8 Å². The summed E-state index contributed by atoms with van der Waals surface area (Å²) in [5.41, 5.74) is 5.23. The zero-order chi connectivity index (χ0) is 21.3. The number of aliphatic hydroxyl groups is 1. The number of carbonyl (C=O) groups excluding carboxylic acids is 1. The van der Waals surface area contributed by atoms with E-state index < -0.39 is 6.10 Å². The van der Waals surface area contributed by atoms with Gasteiger partial charge in [0.25, 0.3) is 0 Å². The SMILES string of the molecule is CCNC(=O)Nc1cc2c(cn1)cc(-c1cnc(C(O)CC)cc1C)c1nccn12. The third-order valence-corrected chi connectivity index (χ3v) is 5.08. The number of anilines is 1. The van der Waals surface area contributed by atoms with Gasteiger partial charge in [0, 0.05) is 53.9 Å². The summed E-state index contributed by atoms with van der Waals surface area (Å²) in [5, 5.41) is 16.4. The molecule has 0 bridgehead atoms. The lowest BCUT2D eigenvalue weighted by Crippen LogP contribution is -2.28. The van der Waals surface area contributed by atoms with Crippen LogP contribution in [0.1, 0.15) is 37.6 Å². The lowest BCUT2D eigenvalue weighted by Gasteiger charge is -2.14. The molecular formula is C22H24N6O2. The van der Waals surface area contributed by atoms with E-state index in [2.05, 4.69) is 25.6 Å². The standard InChI is InChI=1S/C22H24N6O2/c1-4-19(29)17-8-13(3)16(12-25-17)15-9-14-11-26-20(27-22(30)23-5-2)10-18(14)28-7-6-24-21(15)28/h6-12,19,29H,4-5H2,1-3H3,(H2,23,26,27,30). The summed E-state index contributed by atoms with van der Waals surface area (Å²) in [4.78, 5) is 25.2. The van der Waals surface area contributed by atoms with Crippen LogP contribution in [0.2, 0.25) is 0 Å². The molecule has 0 aliphatic heterocycles. The van der Waals surface area contributed by atoms with E-state index in [4.69, 9.17) is 0 Å². The minimum Gasteiger partial charge on any atom is -0.387 e. The van der Waals surface area contributed by atoms with Crippen molar-refractivity contribution in [3.05, 3.63) is 54.2 Å². The first-order valence-corrected chi connectivity index (χ1v) is 9.97. The predicted octanol–water partition coefficient (Wildman–Crippen LogP) is 3.84. The average molecular weight is 404 g/mol. The number of amides is 2. The molecule has 30 heavy (non-hydrogen) atoms. The predicted molar refractivity (Wildman–Crippen MR) is 116 cm³/mol. The monoisotopic (exact) mass is 404 g/mol. The van der Waals surface area contributed by atoms with Crippen molar-refractivity contribution in [1.82, 2.24) is 24.7 Å². The molecule has 0 aromatic carbocycles. The van der Waals surface area contributed by atoms with Gasteiger partial charge in [-0.05, 0) is 38.0 Å². The highest BCUT2D eigenvalue weighted by Gasteiger charge is 2.15. The van der Waals surface area contributed by atoms with Crippen LogP contribution in [0.15, 0.2) is 43.0 Å². The van der Waals surface area contributed by atoms with Gasteiger partial charge in [-0.1, -0.05) is 6.92 Å². The lowest BCUT2D eigenvalue weighted by molar-refractivity contribution is 0.169. The maximum Gasteiger partial charge on any atom is 0.320 e. The molecule has 0 saturated carbocycles. The summed E-state index contributed by atoms with van der Waals surface area (Å²) < 4.78 is 1.98. The topological polar surface area (TPSA) is 104 Å². The number of imidazole rings is 1. The summed E-state index contributed by atoms with van der Waals surface area (Å²) in [6.07, 6.45) is 7.20. The molecule has 0 spiro atoms. The third-order valence-electron chi connectivity index (χ3n) is 5.08. The highest BCUT2D eigenvalue weighted by atomic mass is 16.3. The second-order valence-electron chi connectivity index (χ2n) is 7.14. The average Bonchev–Trinajstić information content (AvgIpc) is 3.23. The van der Waals surface area contributed by atoms with Crippen molar-refractivity contribution in [2.75, 3.05) is 11.9 Å². The normalized spacial score (nSPS) is 12.3. The number of hydrogen-bond acceptors (Lipinski definition) is 5. The maximum absolute atomic E-state index is 11.8. The molecule has 1 atom stereocenters. The molecule has 1 unspecified atom stereocenters. The van der Waals surface area contributed by atoms with Crippen molar-refractivity contribution in [3.8, 4) is 11.1 Å². The summed E-state index contributed by atoms with van der Waals surface area (Å²) in [6.45, 7) is 6.32. The van der Waals surface area contributed by atoms with Crippen LogP contribution in [-0.2, 0) is 0 Å². The Morgan fingerprint density at radius 3 is 2.70 bits per heavy atom. The Morgan fingerprint density at radius 1 is 1.13 bits per heavy atom. The fourth-order valence-corrected chi connectivity index (χ4v) is 3.53. The Bertz CT molecular complexity index is 1230. The molecule has 0 radical (unpaired) electrons. The number of pyridine rings is 3. The molecule has 2 amide bonds. The molecule has 4 aromatic rings. The van der Waals surface area contributed by atoms with Crippen molar-refractivity contribution >= 4 is 28.4 Å². The first kappa shape index (κ1) is 19.8. The Morgan fingerprint density at radius 2 is 1.97 bits per heavy atom. The van der Waals surface area contributed by atoms with Gasteiger partial charge in [0.15, 0.2) is 0 Å². The number of urea groups is 1. The Hall–Kier alpha value is -3.52. The number of aliphatic hydroxyl groups excluding tert-OH is 1. The van der Waals surface area contributed by atoms with Crippen molar-refractivity contribution < 1.29 is 9.90 Å². The van der Waals surface area contributed by atoms with E-state index in [9.17, 15) is 9.90 Å². The molecule has 8 nitrogen and oxygen atoms in total. The van der Waals surface area contributed by atoms with Crippen LogP contribution >= 0.6 is 0 Å². The first-order valence-electron chi connectivity index (χ1n) is 9.97. The zero-order valence-corrected chi connectivity index (χ0v) is 17.2. The molecule has 4 heterocycles. The van der Waals surface area contributed by atoms with E-state index in [1.54, 1.807) is 18.6 Å². The van der Waals surface area contributed by atoms with Gasteiger partial charge in [0.05, 0.1) is 17.3 Å². The first-order chi connectivity index (χ1) is 14.5. The van der Waals surface area contributed by atoms with Crippen LogP contribution in [0, 0.1) is 6.92 Å². The van der Waals surface area contributed by atoms with E-state index in [0.717, 1.165) is 33.2 Å². The molecule has 154 valence electrons. The van der Waals surface area contributed by atoms with E-state index in [1.807, 2.05) is 49.6 Å². The summed E-state index contributed by atoms with van der Waals surface area (Å²) in [5.74, 6) is 0.465. The zero-order valence-electron chi connectivity index (χ0n) is 17.2. The number of aromatic nitrogens is 4. The Balaban J connectivity index is 1.82. The number of hydrogen-bond donors (Lipinski definition) is 3. The van der Waals surface area contributed by atoms with Crippen LogP contribution in [0.5, 0.6) is 0 Å². The van der Waals surface area contributed by atoms with Crippen molar-refractivity contribution in [2.24, 2.45) is 0 Å². The molecule has 0 saturated heterocycles. The molecule has 0 fully saturated rings. The number of fused-ring (bicyclic) bond motifs is 3. The molecule has 0 aliphatic carbocycles. The quantitative estimate of drug-likeness (QED) is 0.469. The Labute approximate surface area is 174 Å². The van der Waals surface area contributed by atoms with Crippen molar-refractivity contribution in [2.45, 2.75) is 33.3 Å². The third kappa shape index (κ3) is 3.57. The number of carbonyl (C=O) groups is 1. The van der Waals surface area contributed by atoms with E-state index in [0.29, 0.717) is 24.5 Å². The summed E-state index contributed by atoms with van der Waals surface area (Å²) >= 11 is 0. The molecule has 4 aromatic heterocycles. The lowest BCUT2D eigenvalue weighted by atomic mass is 10.0. The van der Waals surface area contributed by atoms with Gasteiger partial charge in [0.1, 0.15) is 11.5 Å². The largest absolute Gasteiger partial charge is 0.387 e. The molecule has 4 rings (SSSR count). The van der Waals surface area contributed by atoms with Gasteiger partial charge < -0.3 is 10.4 Å². The van der Waals surface area contributed by atoms with Gasteiger partial charge in [-0.3, -0.25) is 14.7 Å². The highest BCUT2D eigenvalue weighted by molar-refractivity contribution is 5.95.